The average molecular weight is 382 g/mol. The molecule has 0 aliphatic carbocycles. The zero-order valence-electron chi connectivity index (χ0n) is 16.2. The maximum atomic E-state index is 12.8. The number of imide groups is 1. The molecule has 0 unspecified atom stereocenters. The summed E-state index contributed by atoms with van der Waals surface area (Å²) in [5.41, 5.74) is 1.43. The normalized spacial score (nSPS) is 29.3. The Morgan fingerprint density at radius 1 is 1.29 bits per heavy atom. The molecule has 4 atom stereocenters. The topological polar surface area (TPSA) is 93.5 Å². The number of benzene rings is 1. The van der Waals surface area contributed by atoms with Crippen molar-refractivity contribution in [3.05, 3.63) is 47.8 Å². The highest BCUT2D eigenvalue weighted by Crippen LogP contribution is 2.49. The lowest BCUT2D eigenvalue weighted by atomic mass is 9.80. The van der Waals surface area contributed by atoms with Gasteiger partial charge in [-0.2, -0.15) is 5.10 Å². The first-order valence-electron chi connectivity index (χ1n) is 9.07. The average Bonchev–Trinajstić information content (AvgIpc) is 3.37. The standard InChI is InChI=1S/C20H22N4O4/c1-11-10-12(24-9-5-8-21-24)6-7-13(11)16-14-15(18(26)23(3)17(14)25)20(2,22-16)19(27)28-4/h5-10,14-16,22H,1-4H3/t14-,15-,16-,20-/m1/s1. The molecule has 2 aromatic rings. The number of nitrogens with one attached hydrogen (secondary N) is 1. The maximum absolute atomic E-state index is 12.8. The Morgan fingerprint density at radius 2 is 2.04 bits per heavy atom. The van der Waals surface area contributed by atoms with Crippen LogP contribution in [-0.2, 0) is 19.1 Å². The van der Waals surface area contributed by atoms with Crippen molar-refractivity contribution in [1.29, 1.82) is 0 Å². The zero-order chi connectivity index (χ0) is 20.2. The van der Waals surface area contributed by atoms with Gasteiger partial charge < -0.3 is 4.74 Å². The lowest BCUT2D eigenvalue weighted by Crippen LogP contribution is -2.53. The third-order valence-corrected chi connectivity index (χ3v) is 5.97. The molecule has 1 aromatic heterocycles. The van der Waals surface area contributed by atoms with Crippen LogP contribution in [0.3, 0.4) is 0 Å². The summed E-state index contributed by atoms with van der Waals surface area (Å²) in [6.45, 7) is 3.58. The summed E-state index contributed by atoms with van der Waals surface area (Å²) in [7, 11) is 2.75. The fraction of sp³-hybridized carbons (Fsp3) is 0.400. The minimum atomic E-state index is -1.27. The van der Waals surface area contributed by atoms with Crippen LogP contribution in [0.5, 0.6) is 0 Å². The lowest BCUT2D eigenvalue weighted by Gasteiger charge is -2.28. The van der Waals surface area contributed by atoms with E-state index in [1.807, 2.05) is 37.4 Å². The SMILES string of the molecule is COC(=O)[C@]1(C)N[C@H](c2ccc(-n3cccn3)cc2C)[C@@H]2C(=O)N(C)C(=O)[C@@H]21. The predicted molar refractivity (Wildman–Crippen MR) is 99.4 cm³/mol. The Balaban J connectivity index is 1.78. The highest BCUT2D eigenvalue weighted by atomic mass is 16.5. The molecule has 8 heteroatoms. The summed E-state index contributed by atoms with van der Waals surface area (Å²) >= 11 is 0. The minimum Gasteiger partial charge on any atom is -0.468 e. The van der Waals surface area contributed by atoms with Gasteiger partial charge in [-0.25, -0.2) is 4.68 Å². The van der Waals surface area contributed by atoms with Crippen LogP contribution >= 0.6 is 0 Å². The molecular formula is C20H22N4O4. The molecule has 2 aliphatic heterocycles. The van der Waals surface area contributed by atoms with E-state index in [1.165, 1.54) is 14.2 Å². The van der Waals surface area contributed by atoms with E-state index in [0.29, 0.717) is 0 Å². The Kier molecular flexibility index (Phi) is 4.11. The highest BCUT2D eigenvalue weighted by molar-refractivity contribution is 6.09. The second kappa shape index (κ2) is 6.27. The van der Waals surface area contributed by atoms with Crippen LogP contribution < -0.4 is 5.32 Å². The van der Waals surface area contributed by atoms with Crippen molar-refractivity contribution in [3.63, 3.8) is 0 Å². The first kappa shape index (κ1) is 18.4. The van der Waals surface area contributed by atoms with Crippen LogP contribution in [-0.4, -0.2) is 52.2 Å². The van der Waals surface area contributed by atoms with E-state index in [0.717, 1.165) is 21.7 Å². The van der Waals surface area contributed by atoms with Crippen molar-refractivity contribution >= 4 is 17.8 Å². The quantitative estimate of drug-likeness (QED) is 0.629. The number of carbonyl (C=O) groups excluding carboxylic acids is 3. The van der Waals surface area contributed by atoms with E-state index >= 15 is 0 Å². The molecule has 1 aromatic carbocycles. The van der Waals surface area contributed by atoms with Gasteiger partial charge in [0.15, 0.2) is 0 Å². The number of hydrogen-bond acceptors (Lipinski definition) is 6. The Hall–Kier alpha value is -3.00. The second-order valence-electron chi connectivity index (χ2n) is 7.55. The van der Waals surface area contributed by atoms with Gasteiger partial charge in [-0.3, -0.25) is 24.6 Å². The largest absolute Gasteiger partial charge is 0.468 e. The second-order valence-corrected chi connectivity index (χ2v) is 7.55. The van der Waals surface area contributed by atoms with Crippen molar-refractivity contribution < 1.29 is 19.1 Å². The maximum Gasteiger partial charge on any atom is 0.326 e. The number of fused-ring (bicyclic) bond motifs is 1. The van der Waals surface area contributed by atoms with Crippen LogP contribution in [0.1, 0.15) is 24.1 Å². The molecule has 4 rings (SSSR count). The molecular weight excluding hydrogens is 360 g/mol. The molecule has 0 radical (unpaired) electrons. The number of rotatable bonds is 3. The number of carbonyl (C=O) groups is 3. The zero-order valence-corrected chi connectivity index (χ0v) is 16.2. The summed E-state index contributed by atoms with van der Waals surface area (Å²) in [6.07, 6.45) is 3.55. The van der Waals surface area contributed by atoms with E-state index in [-0.39, 0.29) is 11.8 Å². The van der Waals surface area contributed by atoms with Gasteiger partial charge in [-0.05, 0) is 43.2 Å². The van der Waals surface area contributed by atoms with Gasteiger partial charge in [0.2, 0.25) is 11.8 Å². The monoisotopic (exact) mass is 382 g/mol. The fourth-order valence-electron chi connectivity index (χ4n) is 4.52. The number of hydrogen-bond donors (Lipinski definition) is 1. The number of methoxy groups -OCH3 is 1. The molecule has 8 nitrogen and oxygen atoms in total. The van der Waals surface area contributed by atoms with Gasteiger partial charge in [0.1, 0.15) is 5.54 Å². The number of ether oxygens (including phenoxy) is 1. The highest BCUT2D eigenvalue weighted by Gasteiger charge is 2.66. The number of esters is 1. The van der Waals surface area contributed by atoms with Crippen LogP contribution in [0.2, 0.25) is 0 Å². The van der Waals surface area contributed by atoms with Crippen LogP contribution in [0.4, 0.5) is 0 Å². The minimum absolute atomic E-state index is 0.282. The molecule has 3 heterocycles. The fourth-order valence-corrected chi connectivity index (χ4v) is 4.52. The van der Waals surface area contributed by atoms with Crippen LogP contribution in [0, 0.1) is 18.8 Å². The molecule has 2 aliphatic rings. The summed E-state index contributed by atoms with van der Waals surface area (Å²) in [5.74, 6) is -2.64. The molecule has 0 spiro atoms. The first-order chi connectivity index (χ1) is 13.3. The molecule has 2 fully saturated rings. The van der Waals surface area contributed by atoms with E-state index in [2.05, 4.69) is 10.4 Å². The molecule has 28 heavy (non-hydrogen) atoms. The number of aryl methyl sites for hydroxylation is 1. The van der Waals surface area contributed by atoms with Crippen LogP contribution in [0.15, 0.2) is 36.7 Å². The van der Waals surface area contributed by atoms with Crippen molar-refractivity contribution in [2.75, 3.05) is 14.2 Å². The summed E-state index contributed by atoms with van der Waals surface area (Å²) in [4.78, 5) is 39.2. The van der Waals surface area contributed by atoms with E-state index in [4.69, 9.17) is 4.74 Å². The molecule has 146 valence electrons. The smallest absolute Gasteiger partial charge is 0.326 e. The van der Waals surface area contributed by atoms with Gasteiger partial charge in [-0.1, -0.05) is 6.07 Å². The van der Waals surface area contributed by atoms with E-state index < -0.39 is 29.4 Å². The molecule has 2 saturated heterocycles. The predicted octanol–water partition coefficient (Wildman–Crippen LogP) is 0.988. The van der Waals surface area contributed by atoms with Gasteiger partial charge >= 0.3 is 5.97 Å². The van der Waals surface area contributed by atoms with Crippen molar-refractivity contribution in [3.8, 4) is 5.69 Å². The van der Waals surface area contributed by atoms with Crippen molar-refractivity contribution in [1.82, 2.24) is 20.0 Å². The molecule has 1 N–H and O–H groups in total. The lowest BCUT2D eigenvalue weighted by molar-refractivity contribution is -0.152. The molecule has 0 saturated carbocycles. The first-order valence-corrected chi connectivity index (χ1v) is 9.07. The number of amides is 2. The Labute approximate surface area is 162 Å². The molecule has 0 bridgehead atoms. The summed E-state index contributed by atoms with van der Waals surface area (Å²) in [6, 6.07) is 7.16. The van der Waals surface area contributed by atoms with Crippen molar-refractivity contribution in [2.24, 2.45) is 11.8 Å². The summed E-state index contributed by atoms with van der Waals surface area (Å²) < 4.78 is 6.70. The Bertz CT molecular complexity index is 971. The van der Waals surface area contributed by atoms with Crippen molar-refractivity contribution in [2.45, 2.75) is 25.4 Å². The summed E-state index contributed by atoms with van der Waals surface area (Å²) in [5, 5.41) is 7.48. The van der Waals surface area contributed by atoms with Crippen LogP contribution in [0.25, 0.3) is 5.69 Å². The third kappa shape index (κ3) is 2.41. The third-order valence-electron chi connectivity index (χ3n) is 5.97. The van der Waals surface area contributed by atoms with Gasteiger partial charge in [0, 0.05) is 25.5 Å². The number of aromatic nitrogens is 2. The molecule has 2 amide bonds. The van der Waals surface area contributed by atoms with E-state index in [9.17, 15) is 14.4 Å². The van der Waals surface area contributed by atoms with Gasteiger partial charge in [0.25, 0.3) is 0 Å². The van der Waals surface area contributed by atoms with Gasteiger partial charge in [-0.15, -0.1) is 0 Å². The number of likely N-dealkylation sites (tertiary alicyclic amines) is 1. The van der Waals surface area contributed by atoms with E-state index in [1.54, 1.807) is 17.8 Å². The van der Waals surface area contributed by atoms with Gasteiger partial charge in [0.05, 0.1) is 24.6 Å². The number of nitrogens with zero attached hydrogens (tertiary/aromatic N) is 3. The Morgan fingerprint density at radius 3 is 2.64 bits per heavy atom.